The second kappa shape index (κ2) is 1.37. The van der Waals surface area contributed by atoms with E-state index in [9.17, 15) is 0 Å². The SMILES string of the molecule is NP1C2P=CP3C1P23. The molecule has 2 N–H and O–H groups in total. The normalized spacial score (nSPS) is 73.9. The minimum atomic E-state index is 0.0954. The quantitative estimate of drug-likeness (QED) is 0.568. The van der Waals surface area contributed by atoms with Gasteiger partial charge in [0.2, 0.25) is 0 Å². The van der Waals surface area contributed by atoms with Crippen LogP contribution in [0.1, 0.15) is 0 Å². The third kappa shape index (κ3) is 0.379. The zero-order chi connectivity index (χ0) is 5.30. The molecule has 8 heavy (non-hydrogen) atoms. The van der Waals surface area contributed by atoms with Crippen LogP contribution in [0.2, 0.25) is 0 Å². The van der Waals surface area contributed by atoms with Crippen molar-refractivity contribution in [2.45, 2.75) is 10.3 Å². The van der Waals surface area contributed by atoms with Crippen LogP contribution in [0.5, 0.6) is 0 Å². The predicted molar refractivity (Wildman–Crippen MR) is 45.5 cm³/mol. The van der Waals surface area contributed by atoms with Crippen LogP contribution in [0.15, 0.2) is 0 Å². The minimum Gasteiger partial charge on any atom is -0.308 e. The van der Waals surface area contributed by atoms with Crippen LogP contribution < -0.4 is 5.50 Å². The topological polar surface area (TPSA) is 26.0 Å². The average molecular weight is 179 g/mol. The Bertz CT molecular complexity index is 180. The summed E-state index contributed by atoms with van der Waals surface area (Å²) in [6, 6.07) is 0. The van der Waals surface area contributed by atoms with Crippen LogP contribution in [0.3, 0.4) is 0 Å². The molecule has 42 valence electrons. The number of fused-ring (bicyclic) bond motifs is 1. The molecule has 3 aliphatic rings. The maximum absolute atomic E-state index is 5.92. The molecular weight excluding hydrogens is 174 g/mol. The van der Waals surface area contributed by atoms with Crippen molar-refractivity contribution >= 4 is 37.0 Å². The second-order valence-corrected chi connectivity index (χ2v) is 14.1. The molecule has 5 unspecified atom stereocenters. The average Bonchev–Trinajstić information content (AvgIpc) is 2.30. The third-order valence-electron chi connectivity index (χ3n) is 1.77. The Kier molecular flexibility index (Phi) is 0.875. The van der Waals surface area contributed by atoms with E-state index in [0.717, 1.165) is 10.3 Å². The molecule has 3 aliphatic heterocycles. The van der Waals surface area contributed by atoms with E-state index in [-0.39, 0.29) is 8.07 Å². The summed E-state index contributed by atoms with van der Waals surface area (Å²) in [5.41, 5.74) is 8.48. The van der Waals surface area contributed by atoms with Gasteiger partial charge in [0.1, 0.15) is 0 Å². The molecule has 0 aromatic rings. The summed E-state index contributed by atoms with van der Waals surface area (Å²) >= 11 is 0. The van der Waals surface area contributed by atoms with Crippen molar-refractivity contribution in [3.05, 3.63) is 0 Å². The smallest absolute Gasteiger partial charge is 0.0599 e. The van der Waals surface area contributed by atoms with Crippen LogP contribution in [0.4, 0.5) is 0 Å². The Morgan fingerprint density at radius 3 is 2.75 bits per heavy atom. The summed E-state index contributed by atoms with van der Waals surface area (Å²) in [6.07, 6.45) is 0. The van der Waals surface area contributed by atoms with Gasteiger partial charge < -0.3 is 5.50 Å². The highest BCUT2D eigenvalue weighted by atomic mass is 32.1. The summed E-state index contributed by atoms with van der Waals surface area (Å²) in [5, 5.41) is 2.19. The van der Waals surface area contributed by atoms with Crippen LogP contribution in [-0.4, -0.2) is 15.8 Å². The summed E-state index contributed by atoms with van der Waals surface area (Å²) < 4.78 is 0. The van der Waals surface area contributed by atoms with Crippen molar-refractivity contribution in [2.24, 2.45) is 5.50 Å². The van der Waals surface area contributed by atoms with Crippen molar-refractivity contribution in [3.63, 3.8) is 0 Å². The molecule has 0 aliphatic carbocycles. The Morgan fingerprint density at radius 2 is 2.50 bits per heavy atom. The zero-order valence-electron chi connectivity index (χ0n) is 4.10. The molecule has 1 nitrogen and oxygen atoms in total. The number of hydrogen-bond donors (Lipinski definition) is 1. The Labute approximate surface area is 53.4 Å². The van der Waals surface area contributed by atoms with E-state index in [4.69, 9.17) is 5.50 Å². The molecular formula is C3H5NP4. The van der Waals surface area contributed by atoms with Crippen LogP contribution in [0.25, 0.3) is 0 Å². The van der Waals surface area contributed by atoms with Gasteiger partial charge in [0, 0.05) is 5.14 Å². The Morgan fingerprint density at radius 1 is 1.62 bits per heavy atom. The highest BCUT2D eigenvalue weighted by Gasteiger charge is 2.70. The van der Waals surface area contributed by atoms with E-state index in [1.165, 1.54) is 0 Å². The molecule has 2 fully saturated rings. The van der Waals surface area contributed by atoms with Crippen molar-refractivity contribution in [2.75, 3.05) is 0 Å². The van der Waals surface area contributed by atoms with E-state index < -0.39 is 0 Å². The number of hydrogen-bond acceptors (Lipinski definition) is 1. The summed E-state index contributed by atoms with van der Waals surface area (Å²) in [5.74, 6) is 0. The van der Waals surface area contributed by atoms with Gasteiger partial charge >= 0.3 is 0 Å². The van der Waals surface area contributed by atoms with E-state index in [1.54, 1.807) is 8.20 Å². The highest BCUT2D eigenvalue weighted by Crippen LogP contribution is 3.16. The molecule has 0 saturated carbocycles. The van der Waals surface area contributed by atoms with Gasteiger partial charge in [-0.05, 0) is 28.8 Å². The fourth-order valence-electron chi connectivity index (χ4n) is 1.28. The van der Waals surface area contributed by atoms with Crippen molar-refractivity contribution < 1.29 is 0 Å². The monoisotopic (exact) mass is 179 g/mol. The molecule has 0 aromatic carbocycles. The number of nitrogens with two attached hydrogens (primary N) is 1. The minimum absolute atomic E-state index is 0.0954. The van der Waals surface area contributed by atoms with Crippen LogP contribution in [0, 0.1) is 0 Å². The molecule has 3 rings (SSSR count). The molecule has 0 amide bonds. The fourth-order valence-corrected chi connectivity index (χ4v) is 27.1. The van der Waals surface area contributed by atoms with Gasteiger partial charge in [-0.1, -0.05) is 8.20 Å². The molecule has 5 atom stereocenters. The first-order valence-corrected chi connectivity index (χ1v) is 8.77. The van der Waals surface area contributed by atoms with Crippen molar-refractivity contribution in [1.82, 2.24) is 0 Å². The van der Waals surface area contributed by atoms with E-state index in [1.807, 2.05) is 0 Å². The standard InChI is InChI=1S/C3H5NP4/c4-7-2-5-1-6-3(7)8(2)6/h1-3H,4H2. The lowest BCUT2D eigenvalue weighted by molar-refractivity contribution is 1.66. The lowest BCUT2D eigenvalue weighted by atomic mass is 11.7. The van der Waals surface area contributed by atoms with Crippen molar-refractivity contribution in [3.8, 4) is 0 Å². The maximum atomic E-state index is 5.92. The van der Waals surface area contributed by atoms with Gasteiger partial charge in [-0.25, -0.2) is 0 Å². The van der Waals surface area contributed by atoms with Gasteiger partial charge in [0.15, 0.2) is 0 Å². The summed E-state index contributed by atoms with van der Waals surface area (Å²) in [7, 11) is 2.83. The first-order valence-electron chi connectivity index (χ1n) is 2.52. The molecule has 0 radical (unpaired) electrons. The Hall–Kier alpha value is 1.42. The van der Waals surface area contributed by atoms with E-state index in [0.29, 0.717) is 15.2 Å². The fraction of sp³-hybridized carbons (Fsp3) is 0.667. The first kappa shape index (κ1) is 5.12. The summed E-state index contributed by atoms with van der Waals surface area (Å²) in [4.78, 5) is 0. The zero-order valence-corrected chi connectivity index (χ0v) is 7.68. The highest BCUT2D eigenvalue weighted by molar-refractivity contribution is 8.65. The lowest BCUT2D eigenvalue weighted by Gasteiger charge is -2.28. The molecule has 3 heterocycles. The summed E-state index contributed by atoms with van der Waals surface area (Å²) in [6.45, 7) is 0. The predicted octanol–water partition coefficient (Wildman–Crippen LogP) is 2.53. The van der Waals surface area contributed by atoms with Gasteiger partial charge in [-0.2, -0.15) is 0 Å². The largest absolute Gasteiger partial charge is 0.308 e. The van der Waals surface area contributed by atoms with Gasteiger partial charge in [0.05, 0.1) is 5.14 Å². The van der Waals surface area contributed by atoms with Crippen molar-refractivity contribution in [1.29, 1.82) is 0 Å². The number of rotatable bonds is 0. The molecule has 0 bridgehead atoms. The Balaban J connectivity index is 2.11. The molecule has 5 heteroatoms. The molecule has 2 saturated heterocycles. The van der Waals surface area contributed by atoms with E-state index >= 15 is 0 Å². The second-order valence-electron chi connectivity index (χ2n) is 2.16. The van der Waals surface area contributed by atoms with Crippen LogP contribution in [-0.2, 0) is 0 Å². The maximum Gasteiger partial charge on any atom is 0.0599 e. The van der Waals surface area contributed by atoms with E-state index in [2.05, 4.69) is 5.54 Å². The van der Waals surface area contributed by atoms with Gasteiger partial charge in [0.25, 0.3) is 0 Å². The lowest BCUT2D eigenvalue weighted by Crippen LogP contribution is -2.10. The van der Waals surface area contributed by atoms with Gasteiger partial charge in [-0.15, -0.1) is 0 Å². The third-order valence-corrected chi connectivity index (χ3v) is 20.6. The van der Waals surface area contributed by atoms with Gasteiger partial charge in [-0.3, -0.25) is 0 Å². The molecule has 0 spiro atoms. The van der Waals surface area contributed by atoms with Crippen LogP contribution >= 0.6 is 31.5 Å². The first-order chi connectivity index (χ1) is 3.89. The molecule has 0 aromatic heterocycles.